The zero-order valence-electron chi connectivity index (χ0n) is 15.0. The summed E-state index contributed by atoms with van der Waals surface area (Å²) in [6.45, 7) is 4.46. The molecule has 4 nitrogen and oxygen atoms in total. The van der Waals surface area contributed by atoms with Crippen LogP contribution >= 0.6 is 0 Å². The Morgan fingerprint density at radius 1 is 1.00 bits per heavy atom. The fourth-order valence-corrected chi connectivity index (χ4v) is 4.22. The van der Waals surface area contributed by atoms with Crippen LogP contribution < -0.4 is 5.32 Å². The lowest BCUT2D eigenvalue weighted by Crippen LogP contribution is -2.36. The Bertz CT molecular complexity index is 678. The van der Waals surface area contributed by atoms with Crippen LogP contribution in [0.15, 0.2) is 36.7 Å². The number of piperidine rings is 1. The van der Waals surface area contributed by atoms with Crippen LogP contribution in [0.1, 0.15) is 48.4 Å². The van der Waals surface area contributed by atoms with E-state index in [1.165, 1.54) is 55.6 Å². The van der Waals surface area contributed by atoms with Crippen molar-refractivity contribution in [1.82, 2.24) is 14.9 Å². The van der Waals surface area contributed by atoms with Crippen molar-refractivity contribution in [2.75, 3.05) is 31.5 Å². The molecule has 0 bridgehead atoms. The summed E-state index contributed by atoms with van der Waals surface area (Å²) in [4.78, 5) is 11.5. The maximum atomic E-state index is 4.49. The molecule has 0 unspecified atom stereocenters. The molecule has 4 heteroatoms. The first kappa shape index (κ1) is 16.5. The SMILES string of the molecule is c1ccc(C2CCN(CCNc3ncnc4c3CCCC4)CC2)cc1. The van der Waals surface area contributed by atoms with E-state index in [2.05, 4.69) is 50.5 Å². The summed E-state index contributed by atoms with van der Waals surface area (Å²) >= 11 is 0. The maximum absolute atomic E-state index is 4.49. The molecular weight excluding hydrogens is 308 g/mol. The van der Waals surface area contributed by atoms with Crippen molar-refractivity contribution in [2.24, 2.45) is 0 Å². The van der Waals surface area contributed by atoms with E-state index >= 15 is 0 Å². The number of nitrogens with one attached hydrogen (secondary N) is 1. The topological polar surface area (TPSA) is 41.0 Å². The van der Waals surface area contributed by atoms with Gasteiger partial charge in [0.15, 0.2) is 0 Å². The van der Waals surface area contributed by atoms with E-state index in [1.54, 1.807) is 6.33 Å². The second-order valence-corrected chi connectivity index (χ2v) is 7.31. The van der Waals surface area contributed by atoms with Gasteiger partial charge in [0.25, 0.3) is 0 Å². The number of hydrogen-bond donors (Lipinski definition) is 1. The lowest BCUT2D eigenvalue weighted by atomic mass is 9.89. The van der Waals surface area contributed by atoms with E-state index in [1.807, 2.05) is 0 Å². The molecule has 0 radical (unpaired) electrons. The summed E-state index contributed by atoms with van der Waals surface area (Å²) in [6.07, 6.45) is 9.03. The van der Waals surface area contributed by atoms with Crippen LogP contribution in [0.3, 0.4) is 0 Å². The number of benzene rings is 1. The normalized spacial score (nSPS) is 18.7. The molecule has 2 aromatic rings. The van der Waals surface area contributed by atoms with Crippen molar-refractivity contribution in [1.29, 1.82) is 0 Å². The number of likely N-dealkylation sites (tertiary alicyclic amines) is 1. The van der Waals surface area contributed by atoms with E-state index in [4.69, 9.17) is 0 Å². The monoisotopic (exact) mass is 336 g/mol. The Morgan fingerprint density at radius 3 is 2.64 bits per heavy atom. The van der Waals surface area contributed by atoms with Crippen LogP contribution in [0.4, 0.5) is 5.82 Å². The van der Waals surface area contributed by atoms with Gasteiger partial charge in [-0.2, -0.15) is 0 Å². The first-order valence-electron chi connectivity index (χ1n) is 9.74. The Balaban J connectivity index is 1.25. The van der Waals surface area contributed by atoms with Crippen molar-refractivity contribution in [3.8, 4) is 0 Å². The van der Waals surface area contributed by atoms with Gasteiger partial charge in [-0.1, -0.05) is 30.3 Å². The van der Waals surface area contributed by atoms with Gasteiger partial charge in [0, 0.05) is 24.3 Å². The molecule has 1 aromatic carbocycles. The average molecular weight is 336 g/mol. The van der Waals surface area contributed by atoms with Crippen LogP contribution in [0.25, 0.3) is 0 Å². The van der Waals surface area contributed by atoms with Gasteiger partial charge in [-0.25, -0.2) is 9.97 Å². The fraction of sp³-hybridized carbons (Fsp3) is 0.524. The summed E-state index contributed by atoms with van der Waals surface area (Å²) in [5.41, 5.74) is 4.12. The molecule has 2 heterocycles. The van der Waals surface area contributed by atoms with Crippen LogP contribution in [0.2, 0.25) is 0 Å². The quantitative estimate of drug-likeness (QED) is 0.905. The molecule has 1 fully saturated rings. The number of fused-ring (bicyclic) bond motifs is 1. The third-order valence-electron chi connectivity index (χ3n) is 5.70. The average Bonchev–Trinajstić information content (AvgIpc) is 2.69. The van der Waals surface area contributed by atoms with Crippen molar-refractivity contribution in [2.45, 2.75) is 44.4 Å². The number of rotatable bonds is 5. The highest BCUT2D eigenvalue weighted by Gasteiger charge is 2.20. The van der Waals surface area contributed by atoms with Crippen LogP contribution in [-0.4, -0.2) is 41.0 Å². The first-order valence-corrected chi connectivity index (χ1v) is 9.74. The van der Waals surface area contributed by atoms with Gasteiger partial charge in [0.2, 0.25) is 0 Å². The molecule has 4 rings (SSSR count). The van der Waals surface area contributed by atoms with Crippen molar-refractivity contribution < 1.29 is 0 Å². The third kappa shape index (κ3) is 4.01. The summed E-state index contributed by atoms with van der Waals surface area (Å²) in [7, 11) is 0. The fourth-order valence-electron chi connectivity index (χ4n) is 4.22. The number of aromatic nitrogens is 2. The first-order chi connectivity index (χ1) is 12.4. The Labute approximate surface area is 150 Å². The highest BCUT2D eigenvalue weighted by molar-refractivity contribution is 5.46. The van der Waals surface area contributed by atoms with E-state index in [0.717, 1.165) is 37.7 Å². The van der Waals surface area contributed by atoms with Gasteiger partial charge in [0.1, 0.15) is 12.1 Å². The molecule has 1 aliphatic carbocycles. The second kappa shape index (κ2) is 7.96. The van der Waals surface area contributed by atoms with Gasteiger partial charge in [-0.05, 0) is 63.1 Å². The predicted octanol–water partition coefficient (Wildman–Crippen LogP) is 3.65. The summed E-state index contributed by atoms with van der Waals surface area (Å²) < 4.78 is 0. The van der Waals surface area contributed by atoms with Crippen molar-refractivity contribution in [3.63, 3.8) is 0 Å². The molecular formula is C21H28N4. The molecule has 1 aliphatic heterocycles. The van der Waals surface area contributed by atoms with Gasteiger partial charge in [0.05, 0.1) is 0 Å². The van der Waals surface area contributed by atoms with Crippen LogP contribution in [-0.2, 0) is 12.8 Å². The van der Waals surface area contributed by atoms with Gasteiger partial charge < -0.3 is 10.2 Å². The van der Waals surface area contributed by atoms with Crippen LogP contribution in [0, 0.1) is 0 Å². The van der Waals surface area contributed by atoms with Crippen molar-refractivity contribution in [3.05, 3.63) is 53.5 Å². The van der Waals surface area contributed by atoms with E-state index in [0.29, 0.717) is 0 Å². The summed E-state index contributed by atoms with van der Waals surface area (Å²) in [5.74, 6) is 1.81. The molecule has 0 saturated carbocycles. The third-order valence-corrected chi connectivity index (χ3v) is 5.70. The Morgan fingerprint density at radius 2 is 1.80 bits per heavy atom. The lowest BCUT2D eigenvalue weighted by molar-refractivity contribution is 0.219. The summed E-state index contributed by atoms with van der Waals surface area (Å²) in [5, 5.41) is 3.57. The molecule has 0 spiro atoms. The standard InChI is InChI=1S/C21H28N4/c1-2-6-17(7-3-1)18-10-13-25(14-11-18)15-12-22-21-19-8-4-5-9-20(19)23-16-24-21/h1-3,6-7,16,18H,4-5,8-15H2,(H,22,23,24). The zero-order chi connectivity index (χ0) is 16.9. The number of anilines is 1. The van der Waals surface area contributed by atoms with Crippen LogP contribution in [0.5, 0.6) is 0 Å². The zero-order valence-corrected chi connectivity index (χ0v) is 15.0. The van der Waals surface area contributed by atoms with Gasteiger partial charge in [-0.15, -0.1) is 0 Å². The molecule has 132 valence electrons. The Hall–Kier alpha value is -1.94. The predicted molar refractivity (Wildman–Crippen MR) is 102 cm³/mol. The molecule has 1 aromatic heterocycles. The smallest absolute Gasteiger partial charge is 0.132 e. The van der Waals surface area contributed by atoms with Gasteiger partial charge >= 0.3 is 0 Å². The molecule has 2 aliphatic rings. The number of aryl methyl sites for hydroxylation is 1. The lowest BCUT2D eigenvalue weighted by Gasteiger charge is -2.32. The van der Waals surface area contributed by atoms with E-state index in [-0.39, 0.29) is 0 Å². The van der Waals surface area contributed by atoms with Crippen molar-refractivity contribution >= 4 is 5.82 Å². The van der Waals surface area contributed by atoms with E-state index in [9.17, 15) is 0 Å². The molecule has 0 amide bonds. The minimum atomic E-state index is 0.735. The number of nitrogens with zero attached hydrogens (tertiary/aromatic N) is 3. The largest absolute Gasteiger partial charge is 0.368 e. The van der Waals surface area contributed by atoms with Gasteiger partial charge in [-0.3, -0.25) is 0 Å². The minimum absolute atomic E-state index is 0.735. The second-order valence-electron chi connectivity index (χ2n) is 7.31. The minimum Gasteiger partial charge on any atom is -0.368 e. The van der Waals surface area contributed by atoms with E-state index < -0.39 is 0 Å². The Kier molecular flexibility index (Phi) is 5.26. The highest BCUT2D eigenvalue weighted by Crippen LogP contribution is 2.28. The summed E-state index contributed by atoms with van der Waals surface area (Å²) in [6, 6.07) is 11.0. The number of hydrogen-bond acceptors (Lipinski definition) is 4. The molecule has 1 saturated heterocycles. The maximum Gasteiger partial charge on any atom is 0.132 e. The molecule has 1 N–H and O–H groups in total. The molecule has 0 atom stereocenters. The highest BCUT2D eigenvalue weighted by atomic mass is 15.1. The molecule has 25 heavy (non-hydrogen) atoms.